The van der Waals surface area contributed by atoms with E-state index in [0.29, 0.717) is 0 Å². The van der Waals surface area contributed by atoms with Gasteiger partial charge in [-0.3, -0.25) is 0 Å². The highest BCUT2D eigenvalue weighted by Crippen LogP contribution is 2.14. The molecule has 1 rings (SSSR count). The summed E-state index contributed by atoms with van der Waals surface area (Å²) in [6, 6.07) is 0. The van der Waals surface area contributed by atoms with Gasteiger partial charge < -0.3 is 14.8 Å². The van der Waals surface area contributed by atoms with Gasteiger partial charge in [0.1, 0.15) is 0 Å². The fourth-order valence-electron chi connectivity index (χ4n) is 2.13. The Morgan fingerprint density at radius 2 is 1.83 bits per heavy atom. The standard InChI is InChI=1S/C15H31NO2/c1-15(2,3)16-9-5-4-6-10-18-13-14-7-11-17-12-8-14/h14,16H,4-13H2,1-3H3. The number of nitrogens with one attached hydrogen (secondary N) is 1. The van der Waals surface area contributed by atoms with Crippen LogP contribution >= 0.6 is 0 Å². The first-order valence-electron chi connectivity index (χ1n) is 7.48. The Kier molecular flexibility index (Phi) is 7.87. The zero-order valence-electron chi connectivity index (χ0n) is 12.5. The summed E-state index contributed by atoms with van der Waals surface area (Å²) in [5.74, 6) is 0.737. The van der Waals surface area contributed by atoms with E-state index in [9.17, 15) is 0 Å². The Morgan fingerprint density at radius 3 is 2.50 bits per heavy atom. The Balaban J connectivity index is 1.81. The van der Waals surface area contributed by atoms with Crippen molar-refractivity contribution in [3.05, 3.63) is 0 Å². The first-order valence-corrected chi connectivity index (χ1v) is 7.48. The largest absolute Gasteiger partial charge is 0.381 e. The van der Waals surface area contributed by atoms with Gasteiger partial charge in [0.05, 0.1) is 0 Å². The van der Waals surface area contributed by atoms with Crippen molar-refractivity contribution in [2.75, 3.05) is 33.0 Å². The third-order valence-electron chi connectivity index (χ3n) is 3.32. The van der Waals surface area contributed by atoms with Crippen molar-refractivity contribution in [2.45, 2.75) is 58.4 Å². The minimum absolute atomic E-state index is 0.250. The lowest BCUT2D eigenvalue weighted by molar-refractivity contribution is 0.0198. The van der Waals surface area contributed by atoms with Crippen LogP contribution in [0.3, 0.4) is 0 Å². The van der Waals surface area contributed by atoms with Crippen molar-refractivity contribution < 1.29 is 9.47 Å². The minimum atomic E-state index is 0.250. The van der Waals surface area contributed by atoms with E-state index in [1.165, 1.54) is 32.1 Å². The molecular formula is C15H31NO2. The predicted molar refractivity (Wildman–Crippen MR) is 76.0 cm³/mol. The summed E-state index contributed by atoms with van der Waals surface area (Å²) in [6.45, 7) is 11.5. The van der Waals surface area contributed by atoms with E-state index in [0.717, 1.165) is 38.9 Å². The smallest absolute Gasteiger partial charge is 0.0495 e. The molecule has 3 heteroatoms. The van der Waals surface area contributed by atoms with E-state index in [4.69, 9.17) is 9.47 Å². The maximum Gasteiger partial charge on any atom is 0.0495 e. The summed E-state index contributed by atoms with van der Waals surface area (Å²) >= 11 is 0. The van der Waals surface area contributed by atoms with Crippen LogP contribution in [-0.4, -0.2) is 38.5 Å². The molecule has 1 aliphatic rings. The molecule has 0 atom stereocenters. The molecule has 18 heavy (non-hydrogen) atoms. The van der Waals surface area contributed by atoms with Crippen LogP contribution in [0.2, 0.25) is 0 Å². The number of hydrogen-bond donors (Lipinski definition) is 1. The molecule has 1 aliphatic heterocycles. The molecule has 1 heterocycles. The zero-order chi connectivity index (χ0) is 13.3. The van der Waals surface area contributed by atoms with Gasteiger partial charge in [-0.25, -0.2) is 0 Å². The van der Waals surface area contributed by atoms with Crippen molar-refractivity contribution in [2.24, 2.45) is 5.92 Å². The third kappa shape index (κ3) is 8.90. The lowest BCUT2D eigenvalue weighted by atomic mass is 10.0. The lowest BCUT2D eigenvalue weighted by Crippen LogP contribution is -2.36. The van der Waals surface area contributed by atoms with E-state index in [1.807, 2.05) is 0 Å². The molecule has 1 saturated heterocycles. The molecule has 108 valence electrons. The summed E-state index contributed by atoms with van der Waals surface area (Å²) in [7, 11) is 0. The maximum atomic E-state index is 5.74. The summed E-state index contributed by atoms with van der Waals surface area (Å²) in [5.41, 5.74) is 0.250. The van der Waals surface area contributed by atoms with Gasteiger partial charge >= 0.3 is 0 Å². The van der Waals surface area contributed by atoms with E-state index < -0.39 is 0 Å². The van der Waals surface area contributed by atoms with Gasteiger partial charge in [0.25, 0.3) is 0 Å². The van der Waals surface area contributed by atoms with Gasteiger partial charge in [0, 0.05) is 32.0 Å². The van der Waals surface area contributed by atoms with E-state index >= 15 is 0 Å². The van der Waals surface area contributed by atoms with Gasteiger partial charge in [-0.2, -0.15) is 0 Å². The van der Waals surface area contributed by atoms with E-state index in [2.05, 4.69) is 26.1 Å². The summed E-state index contributed by atoms with van der Waals surface area (Å²) in [4.78, 5) is 0. The number of ether oxygens (including phenoxy) is 2. The molecule has 0 saturated carbocycles. The molecule has 0 aromatic carbocycles. The Hall–Kier alpha value is -0.120. The summed E-state index contributed by atoms with van der Waals surface area (Å²) in [5, 5.41) is 3.51. The van der Waals surface area contributed by atoms with Crippen LogP contribution in [-0.2, 0) is 9.47 Å². The number of rotatable bonds is 8. The molecule has 0 bridgehead atoms. The Labute approximate surface area is 113 Å². The normalized spacial score (nSPS) is 18.2. The molecule has 0 aromatic heterocycles. The van der Waals surface area contributed by atoms with Gasteiger partial charge in [0.15, 0.2) is 0 Å². The van der Waals surface area contributed by atoms with Crippen molar-refractivity contribution in [3.8, 4) is 0 Å². The molecule has 0 radical (unpaired) electrons. The second-order valence-corrected chi connectivity index (χ2v) is 6.37. The van der Waals surface area contributed by atoms with Crippen molar-refractivity contribution in [1.29, 1.82) is 0 Å². The minimum Gasteiger partial charge on any atom is -0.381 e. The summed E-state index contributed by atoms with van der Waals surface area (Å²) < 4.78 is 11.1. The average Bonchev–Trinajstić information content (AvgIpc) is 2.32. The van der Waals surface area contributed by atoms with Crippen LogP contribution in [0, 0.1) is 5.92 Å². The van der Waals surface area contributed by atoms with Gasteiger partial charge in [-0.1, -0.05) is 0 Å². The fraction of sp³-hybridized carbons (Fsp3) is 1.00. The van der Waals surface area contributed by atoms with Crippen LogP contribution in [0.5, 0.6) is 0 Å². The number of hydrogen-bond acceptors (Lipinski definition) is 3. The molecule has 1 N–H and O–H groups in total. The maximum absolute atomic E-state index is 5.74. The highest BCUT2D eigenvalue weighted by Gasteiger charge is 2.13. The molecule has 0 aromatic rings. The highest BCUT2D eigenvalue weighted by molar-refractivity contribution is 4.69. The highest BCUT2D eigenvalue weighted by atomic mass is 16.5. The van der Waals surface area contributed by atoms with Crippen LogP contribution in [0.4, 0.5) is 0 Å². The fourth-order valence-corrected chi connectivity index (χ4v) is 2.13. The van der Waals surface area contributed by atoms with Gasteiger partial charge in [0.2, 0.25) is 0 Å². The molecule has 1 fully saturated rings. The van der Waals surface area contributed by atoms with Crippen molar-refractivity contribution in [3.63, 3.8) is 0 Å². The third-order valence-corrected chi connectivity index (χ3v) is 3.32. The number of unbranched alkanes of at least 4 members (excludes halogenated alkanes) is 2. The average molecular weight is 257 g/mol. The first-order chi connectivity index (χ1) is 8.58. The van der Waals surface area contributed by atoms with Crippen LogP contribution in [0.1, 0.15) is 52.9 Å². The molecule has 0 spiro atoms. The second-order valence-electron chi connectivity index (χ2n) is 6.37. The molecular weight excluding hydrogens is 226 g/mol. The second kappa shape index (κ2) is 8.89. The Bertz CT molecular complexity index is 195. The van der Waals surface area contributed by atoms with E-state index in [1.54, 1.807) is 0 Å². The SMILES string of the molecule is CC(C)(C)NCCCCCOCC1CCOCC1. The van der Waals surface area contributed by atoms with Crippen LogP contribution in [0.15, 0.2) is 0 Å². The molecule has 0 amide bonds. The van der Waals surface area contributed by atoms with Crippen molar-refractivity contribution >= 4 is 0 Å². The first kappa shape index (κ1) is 15.9. The predicted octanol–water partition coefficient (Wildman–Crippen LogP) is 2.99. The topological polar surface area (TPSA) is 30.5 Å². The van der Waals surface area contributed by atoms with Crippen molar-refractivity contribution in [1.82, 2.24) is 5.32 Å². The van der Waals surface area contributed by atoms with Crippen LogP contribution < -0.4 is 5.32 Å². The Morgan fingerprint density at radius 1 is 1.11 bits per heavy atom. The zero-order valence-corrected chi connectivity index (χ0v) is 12.5. The van der Waals surface area contributed by atoms with Crippen LogP contribution in [0.25, 0.3) is 0 Å². The monoisotopic (exact) mass is 257 g/mol. The lowest BCUT2D eigenvalue weighted by Gasteiger charge is -2.22. The summed E-state index contributed by atoms with van der Waals surface area (Å²) in [6.07, 6.45) is 6.05. The molecule has 0 unspecified atom stereocenters. The van der Waals surface area contributed by atoms with Gasteiger partial charge in [-0.05, 0) is 65.3 Å². The molecule has 0 aliphatic carbocycles. The molecule has 3 nitrogen and oxygen atoms in total. The van der Waals surface area contributed by atoms with Gasteiger partial charge in [-0.15, -0.1) is 0 Å². The quantitative estimate of drug-likeness (QED) is 0.678. The van der Waals surface area contributed by atoms with E-state index in [-0.39, 0.29) is 5.54 Å².